The van der Waals surface area contributed by atoms with E-state index in [-0.39, 0.29) is 21.0 Å². The molecule has 3 aromatic rings. The quantitative estimate of drug-likeness (QED) is 0.692. The van der Waals surface area contributed by atoms with Gasteiger partial charge in [0.25, 0.3) is 5.56 Å². The van der Waals surface area contributed by atoms with Crippen molar-refractivity contribution in [1.29, 1.82) is 0 Å². The molecule has 3 rings (SSSR count). The van der Waals surface area contributed by atoms with Crippen LogP contribution in [0.4, 0.5) is 4.39 Å². The smallest absolute Gasteiger partial charge is 0.267 e. The van der Waals surface area contributed by atoms with Crippen LogP contribution in [0, 0.1) is 10.6 Å². The first-order chi connectivity index (χ1) is 9.08. The van der Waals surface area contributed by atoms with Gasteiger partial charge < -0.3 is 4.98 Å². The van der Waals surface area contributed by atoms with Crippen molar-refractivity contribution in [2.24, 2.45) is 0 Å². The Hall–Kier alpha value is -1.50. The lowest BCUT2D eigenvalue weighted by molar-refractivity contribution is 0.626. The van der Waals surface area contributed by atoms with Crippen LogP contribution in [-0.2, 0) is 0 Å². The Morgan fingerprint density at radius 3 is 2.95 bits per heavy atom. The number of aromatic amines is 1. The molecule has 0 atom stereocenters. The molecule has 2 aromatic heterocycles. The average molecular weight is 313 g/mol. The molecule has 0 radical (unpaired) electrons. The molecule has 0 saturated heterocycles. The molecular formula is C12H6ClFN2OS2. The van der Waals surface area contributed by atoms with E-state index in [2.05, 4.69) is 4.98 Å². The highest BCUT2D eigenvalue weighted by molar-refractivity contribution is 7.71. The van der Waals surface area contributed by atoms with Crippen molar-refractivity contribution in [2.75, 3.05) is 0 Å². The molecule has 0 aliphatic carbocycles. The number of aromatic nitrogens is 2. The number of H-pyrrole nitrogens is 1. The monoisotopic (exact) mass is 312 g/mol. The number of halogens is 2. The summed E-state index contributed by atoms with van der Waals surface area (Å²) in [4.78, 5) is 16.0. The number of fused-ring (bicyclic) bond motifs is 1. The van der Waals surface area contributed by atoms with Crippen LogP contribution in [-0.4, -0.2) is 9.55 Å². The molecule has 2 heterocycles. The molecule has 7 heteroatoms. The Morgan fingerprint density at radius 2 is 2.16 bits per heavy atom. The van der Waals surface area contributed by atoms with Crippen molar-refractivity contribution in [1.82, 2.24) is 9.55 Å². The van der Waals surface area contributed by atoms with Crippen LogP contribution in [0.2, 0.25) is 5.02 Å². The molecule has 96 valence electrons. The standard InChI is InChI=1S/C12H6ClFN2OS2/c13-8-2-1-6(14)5-9(8)16-11(17)7-3-4-19-10(7)15-12(16)18/h1-5H,(H,15,18). The van der Waals surface area contributed by atoms with Crippen molar-refractivity contribution in [3.05, 3.63) is 55.6 Å². The number of benzene rings is 1. The minimum absolute atomic E-state index is 0.187. The Kier molecular flexibility index (Phi) is 3.00. The molecule has 0 fully saturated rings. The molecule has 3 nitrogen and oxygen atoms in total. The maximum absolute atomic E-state index is 13.3. The van der Waals surface area contributed by atoms with Crippen molar-refractivity contribution in [3.8, 4) is 5.69 Å². The maximum Gasteiger partial charge on any atom is 0.267 e. The lowest BCUT2D eigenvalue weighted by atomic mass is 10.3. The number of thiophene rings is 1. The molecule has 0 unspecified atom stereocenters. The van der Waals surface area contributed by atoms with E-state index >= 15 is 0 Å². The minimum atomic E-state index is -0.480. The number of rotatable bonds is 1. The summed E-state index contributed by atoms with van der Waals surface area (Å²) in [5, 5.41) is 2.55. The number of hydrogen-bond donors (Lipinski definition) is 1. The van der Waals surface area contributed by atoms with E-state index in [0.717, 1.165) is 0 Å². The van der Waals surface area contributed by atoms with Gasteiger partial charge in [-0.3, -0.25) is 9.36 Å². The Morgan fingerprint density at radius 1 is 1.37 bits per heavy atom. The summed E-state index contributed by atoms with van der Waals surface area (Å²) in [6, 6.07) is 5.50. The predicted molar refractivity (Wildman–Crippen MR) is 77.6 cm³/mol. The summed E-state index contributed by atoms with van der Waals surface area (Å²) in [6.45, 7) is 0. The third-order valence-electron chi connectivity index (χ3n) is 2.67. The van der Waals surface area contributed by atoms with Crippen LogP contribution < -0.4 is 5.56 Å². The Labute approximate surface area is 120 Å². The lowest BCUT2D eigenvalue weighted by Crippen LogP contribution is -2.20. The number of hydrogen-bond acceptors (Lipinski definition) is 3. The van der Waals surface area contributed by atoms with Gasteiger partial charge in [0.05, 0.1) is 16.1 Å². The largest absolute Gasteiger partial charge is 0.323 e. The fourth-order valence-corrected chi connectivity index (χ4v) is 3.14. The summed E-state index contributed by atoms with van der Waals surface area (Å²) in [7, 11) is 0. The van der Waals surface area contributed by atoms with E-state index in [1.165, 1.54) is 34.1 Å². The molecule has 0 saturated carbocycles. The van der Waals surface area contributed by atoms with Crippen LogP contribution in [0.25, 0.3) is 15.9 Å². The molecule has 0 spiro atoms. The summed E-state index contributed by atoms with van der Waals surface area (Å²) in [5.41, 5.74) is -0.0754. The summed E-state index contributed by atoms with van der Waals surface area (Å²) < 4.78 is 14.7. The van der Waals surface area contributed by atoms with Gasteiger partial charge in [0.15, 0.2) is 4.77 Å². The Bertz CT molecular complexity index is 897. The van der Waals surface area contributed by atoms with Crippen LogP contribution in [0.15, 0.2) is 34.4 Å². The summed E-state index contributed by atoms with van der Waals surface area (Å²) >= 11 is 12.6. The summed E-state index contributed by atoms with van der Waals surface area (Å²) in [6.07, 6.45) is 0. The fraction of sp³-hybridized carbons (Fsp3) is 0. The zero-order valence-electron chi connectivity index (χ0n) is 9.31. The molecule has 0 amide bonds. The number of nitrogens with one attached hydrogen (secondary N) is 1. The van der Waals surface area contributed by atoms with E-state index in [9.17, 15) is 9.18 Å². The van der Waals surface area contributed by atoms with Gasteiger partial charge in [-0.15, -0.1) is 11.3 Å². The van der Waals surface area contributed by atoms with Gasteiger partial charge in [-0.2, -0.15) is 0 Å². The van der Waals surface area contributed by atoms with Gasteiger partial charge in [-0.1, -0.05) is 11.6 Å². The van der Waals surface area contributed by atoms with Crippen LogP contribution >= 0.6 is 35.2 Å². The molecule has 1 N–H and O–H groups in total. The molecule has 0 aliphatic heterocycles. The van der Waals surface area contributed by atoms with E-state index in [1.807, 2.05) is 0 Å². The topological polar surface area (TPSA) is 37.8 Å². The zero-order chi connectivity index (χ0) is 13.6. The fourth-order valence-electron chi connectivity index (χ4n) is 1.82. The second-order valence-corrected chi connectivity index (χ2v) is 5.54. The second-order valence-electron chi connectivity index (χ2n) is 3.83. The van der Waals surface area contributed by atoms with Crippen LogP contribution in [0.5, 0.6) is 0 Å². The van der Waals surface area contributed by atoms with Crippen LogP contribution in [0.1, 0.15) is 0 Å². The van der Waals surface area contributed by atoms with Crippen molar-refractivity contribution in [3.63, 3.8) is 0 Å². The lowest BCUT2D eigenvalue weighted by Gasteiger charge is -2.08. The minimum Gasteiger partial charge on any atom is -0.323 e. The van der Waals surface area contributed by atoms with E-state index in [4.69, 9.17) is 23.8 Å². The van der Waals surface area contributed by atoms with Gasteiger partial charge in [0.1, 0.15) is 10.6 Å². The molecule has 0 bridgehead atoms. The van der Waals surface area contributed by atoms with Gasteiger partial charge in [-0.25, -0.2) is 4.39 Å². The highest BCUT2D eigenvalue weighted by Crippen LogP contribution is 2.22. The molecule has 0 aliphatic rings. The van der Waals surface area contributed by atoms with E-state index < -0.39 is 5.82 Å². The highest BCUT2D eigenvalue weighted by atomic mass is 35.5. The first-order valence-electron chi connectivity index (χ1n) is 5.26. The first-order valence-corrected chi connectivity index (χ1v) is 6.92. The Balaban J connectivity index is 2.46. The third-order valence-corrected chi connectivity index (χ3v) is 4.11. The van der Waals surface area contributed by atoms with Gasteiger partial charge in [-0.05, 0) is 41.9 Å². The SMILES string of the molecule is O=c1c2ccsc2[nH]c(=S)n1-c1cc(F)ccc1Cl. The zero-order valence-corrected chi connectivity index (χ0v) is 11.7. The maximum atomic E-state index is 13.3. The highest BCUT2D eigenvalue weighted by Gasteiger charge is 2.11. The average Bonchev–Trinajstić information content (AvgIpc) is 2.82. The third kappa shape index (κ3) is 2.01. The molecular weight excluding hydrogens is 307 g/mol. The second kappa shape index (κ2) is 4.56. The summed E-state index contributed by atoms with van der Waals surface area (Å²) in [5.74, 6) is -0.480. The normalized spacial score (nSPS) is 11.1. The molecule has 1 aromatic carbocycles. The van der Waals surface area contributed by atoms with E-state index in [1.54, 1.807) is 11.4 Å². The van der Waals surface area contributed by atoms with Crippen LogP contribution in [0.3, 0.4) is 0 Å². The predicted octanol–water partition coefficient (Wildman–Crippen LogP) is 3.90. The number of nitrogens with zero attached hydrogens (tertiary/aromatic N) is 1. The van der Waals surface area contributed by atoms with Crippen molar-refractivity contribution < 1.29 is 4.39 Å². The molecule has 19 heavy (non-hydrogen) atoms. The van der Waals surface area contributed by atoms with E-state index in [0.29, 0.717) is 10.2 Å². The van der Waals surface area contributed by atoms with Crippen molar-refractivity contribution in [2.45, 2.75) is 0 Å². The first kappa shape index (κ1) is 12.5. The van der Waals surface area contributed by atoms with Gasteiger partial charge >= 0.3 is 0 Å². The van der Waals surface area contributed by atoms with Gasteiger partial charge in [0, 0.05) is 0 Å². The van der Waals surface area contributed by atoms with Crippen molar-refractivity contribution >= 4 is 45.4 Å². The van der Waals surface area contributed by atoms with Gasteiger partial charge in [0.2, 0.25) is 0 Å².